The molecule has 1 N–H and O–H groups in total. The lowest BCUT2D eigenvalue weighted by Crippen LogP contribution is -2.36. The molecule has 0 spiro atoms. The molecule has 1 fully saturated rings. The molecule has 25 heavy (non-hydrogen) atoms. The summed E-state index contributed by atoms with van der Waals surface area (Å²) in [7, 11) is 1.33. The van der Waals surface area contributed by atoms with Crippen molar-refractivity contribution in [3.63, 3.8) is 0 Å². The van der Waals surface area contributed by atoms with Crippen molar-refractivity contribution in [2.45, 2.75) is 38.1 Å². The number of benzene rings is 1. The van der Waals surface area contributed by atoms with Crippen LogP contribution >= 0.6 is 11.6 Å². The summed E-state index contributed by atoms with van der Waals surface area (Å²) in [4.78, 5) is 23.9. The third kappa shape index (κ3) is 3.85. The number of carbonyl (C=O) groups is 2. The maximum absolute atomic E-state index is 12.5. The summed E-state index contributed by atoms with van der Waals surface area (Å²) >= 11 is 6.35. The van der Waals surface area contributed by atoms with E-state index in [0.717, 1.165) is 25.7 Å². The number of methoxy groups -OCH3 is 1. The normalized spacial score (nSPS) is 15.0. The summed E-state index contributed by atoms with van der Waals surface area (Å²) in [6.07, 6.45) is 7.00. The molecule has 3 rings (SSSR count). The fourth-order valence-electron chi connectivity index (χ4n) is 3.03. The van der Waals surface area contributed by atoms with E-state index in [9.17, 15) is 9.59 Å². The van der Waals surface area contributed by atoms with Gasteiger partial charge in [-0.05, 0) is 37.1 Å². The van der Waals surface area contributed by atoms with E-state index in [1.807, 2.05) is 0 Å². The molecule has 0 bridgehead atoms. The molecule has 0 atom stereocenters. The molecule has 0 radical (unpaired) electrons. The van der Waals surface area contributed by atoms with Gasteiger partial charge in [0.2, 0.25) is 0 Å². The highest BCUT2D eigenvalue weighted by Crippen LogP contribution is 2.22. The van der Waals surface area contributed by atoms with Gasteiger partial charge >= 0.3 is 5.97 Å². The van der Waals surface area contributed by atoms with E-state index in [-0.39, 0.29) is 17.1 Å². The average molecular weight is 362 g/mol. The number of esters is 1. The molecule has 0 unspecified atom stereocenters. The fourth-order valence-corrected chi connectivity index (χ4v) is 3.31. The van der Waals surface area contributed by atoms with Crippen molar-refractivity contribution in [1.82, 2.24) is 15.1 Å². The molecule has 1 amide bonds. The number of aromatic nitrogens is 2. The molecule has 0 aliphatic heterocycles. The molecule has 1 aliphatic rings. The van der Waals surface area contributed by atoms with Crippen LogP contribution in [0.15, 0.2) is 30.5 Å². The van der Waals surface area contributed by atoms with E-state index in [1.165, 1.54) is 24.4 Å². The van der Waals surface area contributed by atoms with Gasteiger partial charge < -0.3 is 10.1 Å². The number of nitrogens with zero attached hydrogens (tertiary/aromatic N) is 2. The van der Waals surface area contributed by atoms with Gasteiger partial charge in [-0.25, -0.2) is 9.48 Å². The van der Waals surface area contributed by atoms with Crippen molar-refractivity contribution in [1.29, 1.82) is 0 Å². The van der Waals surface area contributed by atoms with Crippen LogP contribution in [0, 0.1) is 0 Å². The Bertz CT molecular complexity index is 764. The zero-order valence-corrected chi connectivity index (χ0v) is 14.8. The number of amides is 1. The minimum absolute atomic E-state index is 0.200. The SMILES string of the molecule is COC(=O)c1ccc(-n2ncc(C(=O)NC3CCCCC3)c2Cl)cc1. The Morgan fingerprint density at radius 1 is 1.20 bits per heavy atom. The minimum atomic E-state index is -0.411. The number of carbonyl (C=O) groups excluding carboxylic acids is 2. The molecule has 1 aromatic heterocycles. The summed E-state index contributed by atoms with van der Waals surface area (Å²) in [5, 5.41) is 7.49. The lowest BCUT2D eigenvalue weighted by atomic mass is 9.95. The summed E-state index contributed by atoms with van der Waals surface area (Å²) in [6.45, 7) is 0. The average Bonchev–Trinajstić information content (AvgIpc) is 3.03. The van der Waals surface area contributed by atoms with Crippen molar-refractivity contribution in [2.75, 3.05) is 7.11 Å². The summed E-state index contributed by atoms with van der Waals surface area (Å²) in [5.74, 6) is -0.611. The van der Waals surface area contributed by atoms with Gasteiger partial charge in [-0.15, -0.1) is 0 Å². The van der Waals surface area contributed by atoms with Crippen molar-refractivity contribution < 1.29 is 14.3 Å². The molecule has 1 aliphatic carbocycles. The lowest BCUT2D eigenvalue weighted by molar-refractivity contribution is 0.0600. The molecule has 1 aromatic carbocycles. The van der Waals surface area contributed by atoms with Crippen LogP contribution in [0.3, 0.4) is 0 Å². The van der Waals surface area contributed by atoms with E-state index in [2.05, 4.69) is 15.2 Å². The molecule has 2 aromatic rings. The number of ether oxygens (including phenoxy) is 1. The Morgan fingerprint density at radius 2 is 1.88 bits per heavy atom. The van der Waals surface area contributed by atoms with Gasteiger partial charge in [0.1, 0.15) is 5.15 Å². The van der Waals surface area contributed by atoms with Gasteiger partial charge in [-0.3, -0.25) is 4.79 Å². The second kappa shape index (κ2) is 7.70. The topological polar surface area (TPSA) is 73.2 Å². The van der Waals surface area contributed by atoms with Crippen LogP contribution in [-0.2, 0) is 4.74 Å². The van der Waals surface area contributed by atoms with Crippen LogP contribution < -0.4 is 5.32 Å². The van der Waals surface area contributed by atoms with E-state index in [0.29, 0.717) is 16.8 Å². The third-order valence-electron chi connectivity index (χ3n) is 4.43. The van der Waals surface area contributed by atoms with E-state index in [1.54, 1.807) is 24.3 Å². The Hall–Kier alpha value is -2.34. The largest absolute Gasteiger partial charge is 0.465 e. The highest BCUT2D eigenvalue weighted by atomic mass is 35.5. The highest BCUT2D eigenvalue weighted by Gasteiger charge is 2.21. The number of rotatable bonds is 4. The van der Waals surface area contributed by atoms with Crippen LogP contribution in [0.4, 0.5) is 0 Å². The number of hydrogen-bond donors (Lipinski definition) is 1. The minimum Gasteiger partial charge on any atom is -0.465 e. The van der Waals surface area contributed by atoms with E-state index < -0.39 is 5.97 Å². The number of halogens is 1. The first-order valence-corrected chi connectivity index (χ1v) is 8.71. The first kappa shape index (κ1) is 17.5. The van der Waals surface area contributed by atoms with Crippen molar-refractivity contribution in [3.8, 4) is 5.69 Å². The van der Waals surface area contributed by atoms with Crippen LogP contribution in [-0.4, -0.2) is 34.8 Å². The van der Waals surface area contributed by atoms with Gasteiger partial charge in [-0.2, -0.15) is 5.10 Å². The molecule has 1 heterocycles. The molecular formula is C18H20ClN3O3. The fraction of sp³-hybridized carbons (Fsp3) is 0.389. The summed E-state index contributed by atoms with van der Waals surface area (Å²) in [6, 6.07) is 6.86. The van der Waals surface area contributed by atoms with Gasteiger partial charge in [0.25, 0.3) is 5.91 Å². The Labute approximate surface area is 151 Å². The monoisotopic (exact) mass is 361 g/mol. The molecular weight excluding hydrogens is 342 g/mol. The Balaban J connectivity index is 1.76. The van der Waals surface area contributed by atoms with Crippen LogP contribution in [0.25, 0.3) is 5.69 Å². The zero-order valence-electron chi connectivity index (χ0n) is 14.0. The van der Waals surface area contributed by atoms with E-state index in [4.69, 9.17) is 11.6 Å². The number of hydrogen-bond acceptors (Lipinski definition) is 4. The Morgan fingerprint density at radius 3 is 2.52 bits per heavy atom. The summed E-state index contributed by atoms with van der Waals surface area (Å²) in [5.41, 5.74) is 1.45. The Kier molecular flexibility index (Phi) is 5.38. The lowest BCUT2D eigenvalue weighted by Gasteiger charge is -2.22. The molecule has 7 heteroatoms. The summed E-state index contributed by atoms with van der Waals surface area (Å²) < 4.78 is 6.14. The predicted octanol–water partition coefficient (Wildman–Crippen LogP) is 3.37. The predicted molar refractivity (Wildman–Crippen MR) is 94.3 cm³/mol. The second-order valence-electron chi connectivity index (χ2n) is 6.11. The van der Waals surface area contributed by atoms with E-state index >= 15 is 0 Å². The quantitative estimate of drug-likeness (QED) is 0.847. The molecule has 1 saturated carbocycles. The molecule has 6 nitrogen and oxygen atoms in total. The number of nitrogens with one attached hydrogen (secondary N) is 1. The standard InChI is InChI=1S/C18H20ClN3O3/c1-25-18(24)12-7-9-14(10-8-12)22-16(19)15(11-20-22)17(23)21-13-5-3-2-4-6-13/h7-11,13H,2-6H2,1H3,(H,21,23). The van der Waals surface area contributed by atoms with Gasteiger partial charge in [-0.1, -0.05) is 30.9 Å². The second-order valence-corrected chi connectivity index (χ2v) is 6.47. The maximum atomic E-state index is 12.5. The van der Waals surface area contributed by atoms with Gasteiger partial charge in [0, 0.05) is 6.04 Å². The smallest absolute Gasteiger partial charge is 0.337 e. The highest BCUT2D eigenvalue weighted by molar-refractivity contribution is 6.33. The maximum Gasteiger partial charge on any atom is 0.337 e. The van der Waals surface area contributed by atoms with Crippen LogP contribution in [0.1, 0.15) is 52.8 Å². The molecule has 132 valence electrons. The first-order chi connectivity index (χ1) is 12.1. The van der Waals surface area contributed by atoms with Gasteiger partial charge in [0.15, 0.2) is 0 Å². The van der Waals surface area contributed by atoms with Crippen molar-refractivity contribution >= 4 is 23.5 Å². The van der Waals surface area contributed by atoms with Crippen molar-refractivity contribution in [3.05, 3.63) is 46.7 Å². The zero-order chi connectivity index (χ0) is 17.8. The first-order valence-electron chi connectivity index (χ1n) is 8.33. The van der Waals surface area contributed by atoms with Gasteiger partial charge in [0.05, 0.1) is 30.1 Å². The van der Waals surface area contributed by atoms with Crippen molar-refractivity contribution in [2.24, 2.45) is 0 Å². The molecule has 0 saturated heterocycles. The van der Waals surface area contributed by atoms with Crippen LogP contribution in [0.2, 0.25) is 5.15 Å². The third-order valence-corrected chi connectivity index (χ3v) is 4.79. The van der Waals surface area contributed by atoms with Crippen LogP contribution in [0.5, 0.6) is 0 Å².